The quantitative estimate of drug-likeness (QED) is 0.712. The summed E-state index contributed by atoms with van der Waals surface area (Å²) in [5, 5.41) is 5.21. The van der Waals surface area contributed by atoms with Crippen molar-refractivity contribution in [2.45, 2.75) is 26.8 Å². The molecule has 0 spiro atoms. The lowest BCUT2D eigenvalue weighted by atomic mass is 10.2. The second-order valence-corrected chi connectivity index (χ2v) is 4.31. The van der Waals surface area contributed by atoms with E-state index in [1.807, 2.05) is 13.8 Å². The molecule has 6 heteroatoms. The van der Waals surface area contributed by atoms with Crippen LogP contribution in [0.3, 0.4) is 0 Å². The van der Waals surface area contributed by atoms with Crippen molar-refractivity contribution >= 4 is 17.5 Å². The molecular formula is C12H18N4O2. The predicted octanol–water partition coefficient (Wildman–Crippen LogP) is 0.227. The van der Waals surface area contributed by atoms with Crippen molar-refractivity contribution in [3.05, 3.63) is 23.5 Å². The van der Waals surface area contributed by atoms with Gasteiger partial charge in [-0.25, -0.2) is 0 Å². The number of nitrogens with one attached hydrogen (secondary N) is 2. The number of anilines is 1. The maximum atomic E-state index is 11.8. The summed E-state index contributed by atoms with van der Waals surface area (Å²) in [6.07, 6.45) is 1.48. The third-order valence-electron chi connectivity index (χ3n) is 2.21. The van der Waals surface area contributed by atoms with Crippen LogP contribution in [0.4, 0.5) is 5.69 Å². The Morgan fingerprint density at radius 3 is 2.72 bits per heavy atom. The normalized spacial score (nSPS) is 10.2. The van der Waals surface area contributed by atoms with Gasteiger partial charge in [0.25, 0.3) is 5.91 Å². The van der Waals surface area contributed by atoms with Gasteiger partial charge in [-0.15, -0.1) is 0 Å². The molecule has 0 radical (unpaired) electrons. The molecule has 0 aliphatic heterocycles. The summed E-state index contributed by atoms with van der Waals surface area (Å²) in [5.74, 6) is -0.584. The fourth-order valence-corrected chi connectivity index (χ4v) is 1.41. The largest absolute Gasteiger partial charge is 0.397 e. The highest BCUT2D eigenvalue weighted by Gasteiger charge is 2.12. The number of hydrogen-bond donors (Lipinski definition) is 3. The van der Waals surface area contributed by atoms with Gasteiger partial charge in [-0.2, -0.15) is 0 Å². The smallest absolute Gasteiger partial charge is 0.253 e. The molecule has 1 aromatic heterocycles. The maximum absolute atomic E-state index is 11.8. The van der Waals surface area contributed by atoms with Gasteiger partial charge < -0.3 is 16.4 Å². The predicted molar refractivity (Wildman–Crippen MR) is 69.0 cm³/mol. The van der Waals surface area contributed by atoms with Gasteiger partial charge in [0.2, 0.25) is 5.91 Å². The van der Waals surface area contributed by atoms with Crippen molar-refractivity contribution in [1.82, 2.24) is 15.6 Å². The average molecular weight is 250 g/mol. The first kappa shape index (κ1) is 14.0. The molecule has 0 aromatic carbocycles. The molecule has 0 aliphatic carbocycles. The number of nitrogen functional groups attached to an aromatic ring is 1. The molecule has 2 amide bonds. The van der Waals surface area contributed by atoms with Crippen molar-refractivity contribution in [1.29, 1.82) is 0 Å². The van der Waals surface area contributed by atoms with Gasteiger partial charge in [-0.3, -0.25) is 14.6 Å². The van der Waals surface area contributed by atoms with Crippen molar-refractivity contribution < 1.29 is 9.59 Å². The first-order valence-electron chi connectivity index (χ1n) is 5.70. The Morgan fingerprint density at radius 2 is 2.11 bits per heavy atom. The molecule has 1 aromatic rings. The van der Waals surface area contributed by atoms with E-state index in [9.17, 15) is 9.59 Å². The monoisotopic (exact) mass is 250 g/mol. The Morgan fingerprint density at radius 1 is 1.44 bits per heavy atom. The molecule has 1 heterocycles. The Hall–Kier alpha value is -2.11. The number of pyridine rings is 1. The summed E-state index contributed by atoms with van der Waals surface area (Å²) in [7, 11) is 0. The van der Waals surface area contributed by atoms with Crippen LogP contribution in [0.1, 0.15) is 29.9 Å². The number of aromatic nitrogens is 1. The summed E-state index contributed by atoms with van der Waals surface area (Å²) in [6.45, 7) is 5.35. The summed E-state index contributed by atoms with van der Waals surface area (Å²) in [6, 6.07) is 1.59. The Kier molecular flexibility index (Phi) is 4.65. The molecular weight excluding hydrogens is 232 g/mol. The van der Waals surface area contributed by atoms with Gasteiger partial charge in [-0.1, -0.05) is 0 Å². The fourth-order valence-electron chi connectivity index (χ4n) is 1.41. The summed E-state index contributed by atoms with van der Waals surface area (Å²) in [5.41, 5.74) is 6.94. The molecule has 0 unspecified atom stereocenters. The second-order valence-electron chi connectivity index (χ2n) is 4.31. The Bertz CT molecular complexity index is 457. The minimum atomic E-state index is -0.355. The SMILES string of the molecule is Cc1ncc(N)cc1C(=O)NCC(=O)NC(C)C. The zero-order valence-corrected chi connectivity index (χ0v) is 10.8. The van der Waals surface area contributed by atoms with Crippen molar-refractivity contribution in [2.24, 2.45) is 0 Å². The molecule has 0 saturated carbocycles. The van der Waals surface area contributed by atoms with Crippen LogP contribution in [0.5, 0.6) is 0 Å². The number of nitrogens with two attached hydrogens (primary N) is 1. The van der Waals surface area contributed by atoms with Crippen LogP contribution in [0, 0.1) is 6.92 Å². The van der Waals surface area contributed by atoms with E-state index in [0.717, 1.165) is 0 Å². The molecule has 1 rings (SSSR count). The van der Waals surface area contributed by atoms with Crippen LogP contribution in [0.15, 0.2) is 12.3 Å². The number of carbonyl (C=O) groups excluding carboxylic acids is 2. The number of amides is 2. The molecule has 0 bridgehead atoms. The number of carbonyl (C=O) groups is 2. The van der Waals surface area contributed by atoms with Crippen LogP contribution >= 0.6 is 0 Å². The lowest BCUT2D eigenvalue weighted by molar-refractivity contribution is -0.120. The van der Waals surface area contributed by atoms with E-state index in [0.29, 0.717) is 16.9 Å². The van der Waals surface area contributed by atoms with Gasteiger partial charge in [0, 0.05) is 6.04 Å². The molecule has 0 saturated heterocycles. The van der Waals surface area contributed by atoms with Gasteiger partial charge >= 0.3 is 0 Å². The van der Waals surface area contributed by atoms with E-state index in [4.69, 9.17) is 5.73 Å². The van der Waals surface area contributed by atoms with Gasteiger partial charge in [0.05, 0.1) is 29.7 Å². The number of rotatable bonds is 4. The van der Waals surface area contributed by atoms with Crippen LogP contribution < -0.4 is 16.4 Å². The second kappa shape index (κ2) is 6.00. The van der Waals surface area contributed by atoms with Crippen LogP contribution in [-0.4, -0.2) is 29.4 Å². The van der Waals surface area contributed by atoms with E-state index >= 15 is 0 Å². The minimum absolute atomic E-state index is 0.0465. The number of nitrogens with zero attached hydrogens (tertiary/aromatic N) is 1. The summed E-state index contributed by atoms with van der Waals surface area (Å²) >= 11 is 0. The Balaban J connectivity index is 2.60. The molecule has 18 heavy (non-hydrogen) atoms. The Labute approximate surface area is 106 Å². The average Bonchev–Trinajstić information content (AvgIpc) is 2.28. The van der Waals surface area contributed by atoms with Crippen molar-refractivity contribution in [3.63, 3.8) is 0 Å². The van der Waals surface area contributed by atoms with Gasteiger partial charge in [0.15, 0.2) is 0 Å². The van der Waals surface area contributed by atoms with Gasteiger partial charge in [-0.05, 0) is 26.8 Å². The topological polar surface area (TPSA) is 97.1 Å². The fraction of sp³-hybridized carbons (Fsp3) is 0.417. The minimum Gasteiger partial charge on any atom is -0.397 e. The van der Waals surface area contributed by atoms with Crippen molar-refractivity contribution in [3.8, 4) is 0 Å². The van der Waals surface area contributed by atoms with Crippen LogP contribution in [0.2, 0.25) is 0 Å². The van der Waals surface area contributed by atoms with Crippen LogP contribution in [0.25, 0.3) is 0 Å². The summed E-state index contributed by atoms with van der Waals surface area (Å²) < 4.78 is 0. The standard InChI is InChI=1S/C12H18N4O2/c1-7(2)16-11(17)6-15-12(18)10-4-9(13)5-14-8(10)3/h4-5,7H,6,13H2,1-3H3,(H,15,18)(H,16,17). The number of hydrogen-bond acceptors (Lipinski definition) is 4. The van der Waals surface area contributed by atoms with E-state index in [-0.39, 0.29) is 24.4 Å². The van der Waals surface area contributed by atoms with E-state index in [1.54, 1.807) is 6.92 Å². The lowest BCUT2D eigenvalue weighted by Crippen LogP contribution is -2.40. The van der Waals surface area contributed by atoms with Crippen molar-refractivity contribution in [2.75, 3.05) is 12.3 Å². The molecule has 6 nitrogen and oxygen atoms in total. The summed E-state index contributed by atoms with van der Waals surface area (Å²) in [4.78, 5) is 27.2. The van der Waals surface area contributed by atoms with Gasteiger partial charge in [0.1, 0.15) is 0 Å². The molecule has 4 N–H and O–H groups in total. The first-order chi connectivity index (χ1) is 8.40. The number of aryl methyl sites for hydroxylation is 1. The third kappa shape index (κ3) is 4.04. The zero-order valence-electron chi connectivity index (χ0n) is 10.8. The molecule has 0 atom stereocenters. The third-order valence-corrected chi connectivity index (χ3v) is 2.21. The van der Waals surface area contributed by atoms with Crippen LogP contribution in [-0.2, 0) is 4.79 Å². The highest BCUT2D eigenvalue weighted by Crippen LogP contribution is 2.08. The highest BCUT2D eigenvalue weighted by atomic mass is 16.2. The van der Waals surface area contributed by atoms with E-state index in [2.05, 4.69) is 15.6 Å². The maximum Gasteiger partial charge on any atom is 0.253 e. The van der Waals surface area contributed by atoms with E-state index < -0.39 is 0 Å². The molecule has 98 valence electrons. The highest BCUT2D eigenvalue weighted by molar-refractivity contribution is 5.97. The van der Waals surface area contributed by atoms with E-state index in [1.165, 1.54) is 12.3 Å². The first-order valence-corrected chi connectivity index (χ1v) is 5.70. The molecule has 0 aliphatic rings. The zero-order chi connectivity index (χ0) is 13.7. The molecule has 0 fully saturated rings. The lowest BCUT2D eigenvalue weighted by Gasteiger charge is -2.10.